The van der Waals surface area contributed by atoms with Crippen molar-refractivity contribution in [3.8, 4) is 0 Å². The molecule has 0 aliphatic carbocycles. The van der Waals surface area contributed by atoms with Gasteiger partial charge in [-0.15, -0.1) is 0 Å². The number of aromatic nitrogens is 2. The highest BCUT2D eigenvalue weighted by Crippen LogP contribution is 2.33. The third-order valence-electron chi connectivity index (χ3n) is 7.38. The molecule has 3 aliphatic rings. The fourth-order valence-corrected chi connectivity index (χ4v) is 5.67. The van der Waals surface area contributed by atoms with Gasteiger partial charge in [0.1, 0.15) is 6.04 Å². The van der Waals surface area contributed by atoms with Crippen LogP contribution in [0.15, 0.2) is 30.6 Å². The lowest BCUT2D eigenvalue weighted by molar-refractivity contribution is -0.136. The summed E-state index contributed by atoms with van der Waals surface area (Å²) in [5.41, 5.74) is 1.74. The summed E-state index contributed by atoms with van der Waals surface area (Å²) in [6, 6.07) is 3.72. The van der Waals surface area contributed by atoms with Gasteiger partial charge in [0.2, 0.25) is 11.8 Å². The molecule has 0 saturated carbocycles. The molecule has 3 N–H and O–H groups in total. The summed E-state index contributed by atoms with van der Waals surface area (Å²) < 4.78 is 1.86. The Morgan fingerprint density at radius 1 is 1.14 bits per heavy atom. The van der Waals surface area contributed by atoms with Gasteiger partial charge in [-0.1, -0.05) is 6.07 Å². The highest BCUT2D eigenvalue weighted by Gasteiger charge is 2.45. The Morgan fingerprint density at radius 2 is 1.86 bits per heavy atom. The van der Waals surface area contributed by atoms with Gasteiger partial charge in [0.15, 0.2) is 0 Å². The molecule has 194 valence electrons. The molecule has 12 heteroatoms. The van der Waals surface area contributed by atoms with Crippen molar-refractivity contribution >= 4 is 35.4 Å². The second kappa shape index (κ2) is 9.34. The van der Waals surface area contributed by atoms with E-state index >= 15 is 0 Å². The van der Waals surface area contributed by atoms with Gasteiger partial charge in [-0.05, 0) is 45.2 Å². The molecule has 37 heavy (non-hydrogen) atoms. The molecule has 0 spiro atoms. The number of benzene rings is 1. The van der Waals surface area contributed by atoms with E-state index in [1.54, 1.807) is 24.4 Å². The van der Waals surface area contributed by atoms with E-state index in [9.17, 15) is 29.1 Å². The monoisotopic (exact) mass is 508 g/mol. The number of fused-ring (bicyclic) bond motifs is 1. The van der Waals surface area contributed by atoms with Gasteiger partial charge in [0, 0.05) is 42.5 Å². The van der Waals surface area contributed by atoms with E-state index in [-0.39, 0.29) is 42.1 Å². The maximum Gasteiger partial charge on any atom is 0.407 e. The van der Waals surface area contributed by atoms with Crippen LogP contribution in [0.4, 0.5) is 10.5 Å². The Hall–Kier alpha value is -4.22. The van der Waals surface area contributed by atoms with Crippen LogP contribution in [0.3, 0.4) is 0 Å². The van der Waals surface area contributed by atoms with Crippen LogP contribution < -0.4 is 10.6 Å². The molecular weight excluding hydrogens is 480 g/mol. The number of likely N-dealkylation sites (tertiary alicyclic amines) is 1. The fraction of sp³-hybridized carbons (Fsp3) is 0.440. The van der Waals surface area contributed by atoms with Gasteiger partial charge in [-0.2, -0.15) is 5.10 Å². The summed E-state index contributed by atoms with van der Waals surface area (Å²) >= 11 is 0. The Labute approximate surface area is 212 Å². The number of amides is 5. The fourth-order valence-electron chi connectivity index (χ4n) is 5.67. The number of anilines is 1. The van der Waals surface area contributed by atoms with Crippen molar-refractivity contribution in [2.45, 2.75) is 70.2 Å². The van der Waals surface area contributed by atoms with Crippen molar-refractivity contribution in [1.29, 1.82) is 0 Å². The zero-order valence-electron chi connectivity index (χ0n) is 20.5. The van der Waals surface area contributed by atoms with E-state index in [4.69, 9.17) is 0 Å². The smallest absolute Gasteiger partial charge is 0.407 e. The van der Waals surface area contributed by atoms with Crippen molar-refractivity contribution in [2.24, 2.45) is 0 Å². The molecule has 1 aromatic carbocycles. The zero-order chi connectivity index (χ0) is 26.4. The molecule has 0 bridgehead atoms. The average Bonchev–Trinajstić information content (AvgIpc) is 3.41. The van der Waals surface area contributed by atoms with Crippen LogP contribution in [-0.2, 0) is 16.1 Å². The van der Waals surface area contributed by atoms with Crippen LogP contribution in [0.5, 0.6) is 0 Å². The molecule has 0 radical (unpaired) electrons. The summed E-state index contributed by atoms with van der Waals surface area (Å²) in [4.78, 5) is 64.0. The Bertz CT molecular complexity index is 1290. The number of nitrogens with zero attached hydrogens (tertiary/aromatic N) is 4. The number of imide groups is 2. The third kappa shape index (κ3) is 4.32. The van der Waals surface area contributed by atoms with Crippen molar-refractivity contribution in [3.63, 3.8) is 0 Å². The number of piperidine rings is 2. The van der Waals surface area contributed by atoms with Gasteiger partial charge in [0.25, 0.3) is 11.8 Å². The lowest BCUT2D eigenvalue weighted by Crippen LogP contribution is -2.54. The van der Waals surface area contributed by atoms with Crippen LogP contribution in [-0.4, -0.2) is 72.5 Å². The molecule has 1 aromatic heterocycles. The summed E-state index contributed by atoms with van der Waals surface area (Å²) in [6.45, 7) is 4.14. The van der Waals surface area contributed by atoms with Crippen LogP contribution in [0.2, 0.25) is 0 Å². The van der Waals surface area contributed by atoms with E-state index < -0.39 is 35.8 Å². The first-order chi connectivity index (χ1) is 17.7. The van der Waals surface area contributed by atoms with Gasteiger partial charge in [-0.3, -0.25) is 34.1 Å². The maximum absolute atomic E-state index is 13.3. The molecule has 2 fully saturated rings. The standard InChI is InChI=1S/C25H28N6O6/c1-13-8-16(9-14(2)30(13)25(36)37)29-12-15(11-27-29)10-26-18-5-3-4-17-21(18)24(35)31(23(17)34)19-6-7-20(32)28-22(19)33/h3-5,11-14,16,19,26H,6-10H2,1-2H3,(H,36,37)(H,28,32,33). The van der Waals surface area contributed by atoms with E-state index in [0.29, 0.717) is 25.1 Å². The van der Waals surface area contributed by atoms with Crippen LogP contribution >= 0.6 is 0 Å². The van der Waals surface area contributed by atoms with Crippen molar-refractivity contribution < 1.29 is 29.1 Å². The molecule has 3 aliphatic heterocycles. The summed E-state index contributed by atoms with van der Waals surface area (Å²) in [5.74, 6) is -2.19. The zero-order valence-corrected chi connectivity index (χ0v) is 20.5. The highest BCUT2D eigenvalue weighted by molar-refractivity contribution is 6.25. The number of carboxylic acid groups (broad SMARTS) is 1. The molecule has 5 rings (SSSR count). The topological polar surface area (TPSA) is 154 Å². The quantitative estimate of drug-likeness (QED) is 0.518. The predicted octanol–water partition coefficient (Wildman–Crippen LogP) is 1.99. The van der Waals surface area contributed by atoms with E-state index in [2.05, 4.69) is 15.7 Å². The summed E-state index contributed by atoms with van der Waals surface area (Å²) in [5, 5.41) is 19.3. The lowest BCUT2D eigenvalue weighted by atomic mass is 9.93. The van der Waals surface area contributed by atoms with Crippen LogP contribution in [0, 0.1) is 0 Å². The third-order valence-corrected chi connectivity index (χ3v) is 7.38. The van der Waals surface area contributed by atoms with Crippen molar-refractivity contribution in [2.75, 3.05) is 5.32 Å². The second-order valence-electron chi connectivity index (χ2n) is 9.87. The molecule has 2 aromatic rings. The molecule has 4 heterocycles. The Morgan fingerprint density at radius 3 is 2.54 bits per heavy atom. The normalized spacial score (nSPS) is 25.8. The van der Waals surface area contributed by atoms with Crippen LogP contribution in [0.1, 0.15) is 71.9 Å². The molecule has 2 saturated heterocycles. The Kier molecular flexibility index (Phi) is 6.18. The molecule has 5 amide bonds. The minimum absolute atomic E-state index is 0.0613. The minimum atomic E-state index is -1.02. The van der Waals surface area contributed by atoms with Gasteiger partial charge in [0.05, 0.1) is 23.4 Å². The molecule has 3 unspecified atom stereocenters. The number of rotatable bonds is 5. The number of carbonyl (C=O) groups is 5. The first kappa shape index (κ1) is 24.5. The van der Waals surface area contributed by atoms with Gasteiger partial charge in [-0.25, -0.2) is 4.79 Å². The van der Waals surface area contributed by atoms with Crippen molar-refractivity contribution in [3.05, 3.63) is 47.3 Å². The number of nitrogens with one attached hydrogen (secondary N) is 2. The number of hydrogen-bond acceptors (Lipinski definition) is 7. The lowest BCUT2D eigenvalue weighted by Gasteiger charge is -2.40. The maximum atomic E-state index is 13.3. The second-order valence-corrected chi connectivity index (χ2v) is 9.87. The predicted molar refractivity (Wildman–Crippen MR) is 130 cm³/mol. The molecule has 12 nitrogen and oxygen atoms in total. The summed E-state index contributed by atoms with van der Waals surface area (Å²) in [6.07, 6.45) is 4.18. The number of carbonyl (C=O) groups excluding carboxylic acids is 4. The minimum Gasteiger partial charge on any atom is -0.465 e. The van der Waals surface area contributed by atoms with Gasteiger partial charge < -0.3 is 15.3 Å². The largest absolute Gasteiger partial charge is 0.465 e. The first-order valence-corrected chi connectivity index (χ1v) is 12.3. The van der Waals surface area contributed by atoms with E-state index in [1.807, 2.05) is 24.7 Å². The highest BCUT2D eigenvalue weighted by atomic mass is 16.4. The SMILES string of the molecule is CC1CC(n2cc(CNc3cccc4c3C(=O)N(C3CCC(=O)NC3=O)C4=O)cn2)CC(C)N1C(=O)O. The first-order valence-electron chi connectivity index (χ1n) is 12.3. The summed E-state index contributed by atoms with van der Waals surface area (Å²) in [7, 11) is 0. The number of hydrogen-bond donors (Lipinski definition) is 3. The molecular formula is C25H28N6O6. The van der Waals surface area contributed by atoms with Crippen molar-refractivity contribution in [1.82, 2.24) is 24.9 Å². The van der Waals surface area contributed by atoms with E-state index in [0.717, 1.165) is 10.5 Å². The average molecular weight is 509 g/mol. The molecule has 3 atom stereocenters. The van der Waals surface area contributed by atoms with Gasteiger partial charge >= 0.3 is 6.09 Å². The van der Waals surface area contributed by atoms with E-state index in [1.165, 1.54) is 4.90 Å². The van der Waals surface area contributed by atoms with Crippen LogP contribution in [0.25, 0.3) is 0 Å². The Balaban J connectivity index is 1.29.